The molecule has 0 aliphatic rings. The third-order valence-electron chi connectivity index (χ3n) is 4.35. The summed E-state index contributed by atoms with van der Waals surface area (Å²) in [7, 11) is 0. The van der Waals surface area contributed by atoms with Crippen molar-refractivity contribution < 1.29 is 9.21 Å². The molecule has 1 N–H and O–H groups in total. The Morgan fingerprint density at radius 2 is 1.96 bits per heavy atom. The molecule has 0 radical (unpaired) electrons. The van der Waals surface area contributed by atoms with Crippen LogP contribution in [0.5, 0.6) is 0 Å². The number of rotatable bonds is 3. The molecule has 0 aliphatic carbocycles. The molecule has 0 spiro atoms. The second-order valence-corrected chi connectivity index (χ2v) is 6.67. The molecule has 0 saturated carbocycles. The highest BCUT2D eigenvalue weighted by Crippen LogP contribution is 2.30. The molecule has 1 amide bonds. The number of carbonyl (C=O) groups excluding carboxylic acids is 1. The van der Waals surface area contributed by atoms with Crippen molar-refractivity contribution in [2.24, 2.45) is 0 Å². The van der Waals surface area contributed by atoms with Crippen LogP contribution in [0.3, 0.4) is 0 Å². The van der Waals surface area contributed by atoms with Crippen molar-refractivity contribution in [3.8, 4) is 11.5 Å². The molecular formula is C21H16ClN3O2. The van der Waals surface area contributed by atoms with Crippen LogP contribution in [-0.2, 0) is 0 Å². The van der Waals surface area contributed by atoms with Gasteiger partial charge in [0.05, 0.1) is 10.6 Å². The van der Waals surface area contributed by atoms with Crippen LogP contribution < -0.4 is 5.32 Å². The zero-order valence-electron chi connectivity index (χ0n) is 14.8. The number of fused-ring (bicyclic) bond motifs is 1. The first-order valence-electron chi connectivity index (χ1n) is 8.42. The molecule has 0 unspecified atom stereocenters. The molecule has 0 fully saturated rings. The number of benzene rings is 2. The molecule has 0 aliphatic heterocycles. The van der Waals surface area contributed by atoms with Crippen molar-refractivity contribution >= 4 is 34.4 Å². The number of pyridine rings is 1. The summed E-state index contributed by atoms with van der Waals surface area (Å²) in [6.07, 6.45) is 1.67. The number of amides is 1. The minimum absolute atomic E-state index is 0.264. The van der Waals surface area contributed by atoms with Crippen LogP contribution in [0.4, 0.5) is 5.69 Å². The number of carbonyl (C=O) groups is 1. The molecule has 27 heavy (non-hydrogen) atoms. The largest absolute Gasteiger partial charge is 0.434 e. The molecule has 5 nitrogen and oxygen atoms in total. The molecule has 0 bridgehead atoms. The third-order valence-corrected chi connectivity index (χ3v) is 4.66. The first kappa shape index (κ1) is 17.2. The van der Waals surface area contributed by atoms with Crippen molar-refractivity contribution in [2.75, 3.05) is 5.32 Å². The first-order chi connectivity index (χ1) is 13.0. The van der Waals surface area contributed by atoms with E-state index in [4.69, 9.17) is 16.0 Å². The molecule has 4 aromatic rings. The van der Waals surface area contributed by atoms with Crippen molar-refractivity contribution in [3.05, 3.63) is 76.4 Å². The van der Waals surface area contributed by atoms with Crippen LogP contribution in [0.1, 0.15) is 21.5 Å². The second kappa shape index (κ2) is 6.85. The van der Waals surface area contributed by atoms with E-state index < -0.39 is 0 Å². The minimum Gasteiger partial charge on any atom is -0.434 e. The van der Waals surface area contributed by atoms with E-state index in [0.29, 0.717) is 33.4 Å². The molecule has 134 valence electrons. The van der Waals surface area contributed by atoms with Gasteiger partial charge in [0, 0.05) is 17.4 Å². The van der Waals surface area contributed by atoms with Crippen molar-refractivity contribution in [1.82, 2.24) is 9.97 Å². The highest BCUT2D eigenvalue weighted by Gasteiger charge is 2.16. The van der Waals surface area contributed by atoms with E-state index in [1.165, 1.54) is 0 Å². The van der Waals surface area contributed by atoms with E-state index in [9.17, 15) is 4.79 Å². The minimum atomic E-state index is -0.264. The van der Waals surface area contributed by atoms with Gasteiger partial charge in [0.1, 0.15) is 0 Å². The number of aromatic nitrogens is 2. The van der Waals surface area contributed by atoms with E-state index in [0.717, 1.165) is 16.7 Å². The Kier molecular flexibility index (Phi) is 4.38. The van der Waals surface area contributed by atoms with Crippen molar-refractivity contribution in [2.45, 2.75) is 13.8 Å². The molecule has 4 rings (SSSR count). The molecule has 0 atom stereocenters. The van der Waals surface area contributed by atoms with Crippen LogP contribution in [0.15, 0.2) is 59.1 Å². The lowest BCUT2D eigenvalue weighted by molar-refractivity contribution is 0.102. The summed E-state index contributed by atoms with van der Waals surface area (Å²) >= 11 is 6.21. The Balaban J connectivity index is 1.68. The first-order valence-corrected chi connectivity index (χ1v) is 8.80. The van der Waals surface area contributed by atoms with Gasteiger partial charge >= 0.3 is 0 Å². The van der Waals surface area contributed by atoms with Gasteiger partial charge in [-0.1, -0.05) is 23.7 Å². The summed E-state index contributed by atoms with van der Waals surface area (Å²) in [6, 6.07) is 14.5. The Morgan fingerprint density at radius 3 is 2.74 bits per heavy atom. The van der Waals surface area contributed by atoms with Gasteiger partial charge in [0.2, 0.25) is 5.89 Å². The standard InChI is InChI=1S/C21H16ClN3O2/c1-12-8-9-15(16(22)11-12)20(26)24-17-6-3-5-14(13(17)2)21-25-19-18(27-21)7-4-10-23-19/h3-11H,1-2H3,(H,24,26). The third kappa shape index (κ3) is 3.29. The van der Waals surface area contributed by atoms with Crippen LogP contribution in [0, 0.1) is 13.8 Å². The maximum atomic E-state index is 12.6. The van der Waals surface area contributed by atoms with Gasteiger partial charge in [-0.25, -0.2) is 4.98 Å². The van der Waals surface area contributed by atoms with E-state index in [-0.39, 0.29) is 5.91 Å². The molecule has 0 saturated heterocycles. The summed E-state index contributed by atoms with van der Waals surface area (Å²) in [6.45, 7) is 3.83. The maximum Gasteiger partial charge on any atom is 0.257 e. The number of hydrogen-bond acceptors (Lipinski definition) is 4. The highest BCUT2D eigenvalue weighted by atomic mass is 35.5. The molecule has 2 heterocycles. The molecule has 6 heteroatoms. The van der Waals surface area contributed by atoms with Crippen LogP contribution in [0.2, 0.25) is 5.02 Å². The highest BCUT2D eigenvalue weighted by molar-refractivity contribution is 6.34. The molecule has 2 aromatic heterocycles. The average molecular weight is 378 g/mol. The summed E-state index contributed by atoms with van der Waals surface area (Å²) < 4.78 is 5.80. The quantitative estimate of drug-likeness (QED) is 0.518. The second-order valence-electron chi connectivity index (χ2n) is 6.26. The summed E-state index contributed by atoms with van der Waals surface area (Å²) in [5.74, 6) is 0.199. The van der Waals surface area contributed by atoms with E-state index in [1.807, 2.05) is 44.2 Å². The van der Waals surface area contributed by atoms with Crippen LogP contribution in [-0.4, -0.2) is 15.9 Å². The lowest BCUT2D eigenvalue weighted by Gasteiger charge is -2.12. The van der Waals surface area contributed by atoms with Gasteiger partial charge in [-0.2, -0.15) is 4.98 Å². The zero-order chi connectivity index (χ0) is 19.0. The van der Waals surface area contributed by atoms with Gasteiger partial charge in [-0.15, -0.1) is 0 Å². The summed E-state index contributed by atoms with van der Waals surface area (Å²) in [5, 5.41) is 3.34. The van der Waals surface area contributed by atoms with Gasteiger partial charge in [-0.05, 0) is 61.4 Å². The SMILES string of the molecule is Cc1ccc(C(=O)Nc2cccc(-c3nc4ncccc4o3)c2C)c(Cl)c1. The monoisotopic (exact) mass is 377 g/mol. The summed E-state index contributed by atoms with van der Waals surface area (Å²) in [4.78, 5) is 21.3. The lowest BCUT2D eigenvalue weighted by atomic mass is 10.1. The van der Waals surface area contributed by atoms with Gasteiger partial charge < -0.3 is 9.73 Å². The topological polar surface area (TPSA) is 68.0 Å². The van der Waals surface area contributed by atoms with Crippen LogP contribution in [0.25, 0.3) is 22.7 Å². The number of nitrogens with zero attached hydrogens (tertiary/aromatic N) is 2. The van der Waals surface area contributed by atoms with E-state index >= 15 is 0 Å². The zero-order valence-corrected chi connectivity index (χ0v) is 15.5. The fourth-order valence-electron chi connectivity index (χ4n) is 2.88. The Bertz CT molecular complexity index is 1130. The van der Waals surface area contributed by atoms with Crippen molar-refractivity contribution in [3.63, 3.8) is 0 Å². The van der Waals surface area contributed by atoms with Gasteiger partial charge in [-0.3, -0.25) is 4.79 Å². The number of nitrogens with one attached hydrogen (secondary N) is 1. The van der Waals surface area contributed by atoms with Gasteiger partial charge in [0.25, 0.3) is 5.91 Å². The van der Waals surface area contributed by atoms with Crippen molar-refractivity contribution in [1.29, 1.82) is 0 Å². The fourth-order valence-corrected chi connectivity index (χ4v) is 3.20. The Labute approximate surface area is 161 Å². The summed E-state index contributed by atoms with van der Waals surface area (Å²) in [5.41, 5.74) is 4.91. The van der Waals surface area contributed by atoms with Gasteiger partial charge in [0.15, 0.2) is 11.2 Å². The predicted octanol–water partition coefficient (Wildman–Crippen LogP) is 5.41. The fraction of sp³-hybridized carbons (Fsp3) is 0.0952. The predicted molar refractivity (Wildman–Crippen MR) is 106 cm³/mol. The van der Waals surface area contributed by atoms with Crippen LogP contribution >= 0.6 is 11.6 Å². The Morgan fingerprint density at radius 1 is 1.11 bits per heavy atom. The number of hydrogen-bond donors (Lipinski definition) is 1. The average Bonchev–Trinajstić information content (AvgIpc) is 3.07. The number of halogens is 1. The maximum absolute atomic E-state index is 12.6. The smallest absolute Gasteiger partial charge is 0.257 e. The lowest BCUT2D eigenvalue weighted by Crippen LogP contribution is -2.13. The number of anilines is 1. The molecular weight excluding hydrogens is 362 g/mol. The van der Waals surface area contributed by atoms with E-state index in [1.54, 1.807) is 24.4 Å². The normalized spacial score (nSPS) is 10.9. The Hall–Kier alpha value is -3.18. The molecule has 2 aromatic carbocycles. The number of aryl methyl sites for hydroxylation is 1. The number of oxazole rings is 1. The van der Waals surface area contributed by atoms with E-state index in [2.05, 4.69) is 15.3 Å².